The molecule has 0 spiro atoms. The van der Waals surface area contributed by atoms with Gasteiger partial charge in [0, 0.05) is 21.5 Å². The second-order valence-electron chi connectivity index (χ2n) is 5.30. The summed E-state index contributed by atoms with van der Waals surface area (Å²) < 4.78 is 0. The van der Waals surface area contributed by atoms with Crippen molar-refractivity contribution < 1.29 is 0 Å². The highest BCUT2D eigenvalue weighted by molar-refractivity contribution is 7.99. The molecule has 18 heavy (non-hydrogen) atoms. The molecule has 0 aliphatic heterocycles. The number of rotatable bonds is 2. The van der Waals surface area contributed by atoms with E-state index < -0.39 is 0 Å². The summed E-state index contributed by atoms with van der Waals surface area (Å²) in [6.45, 7) is 4.59. The van der Waals surface area contributed by atoms with Gasteiger partial charge in [0.15, 0.2) is 0 Å². The topological polar surface area (TPSA) is 15.8 Å². The maximum Gasteiger partial charge on any atom is 0.0470 e. The van der Waals surface area contributed by atoms with E-state index in [4.69, 9.17) is 0 Å². The van der Waals surface area contributed by atoms with Crippen molar-refractivity contribution in [2.75, 3.05) is 5.75 Å². The molecular weight excluding hydrogens is 238 g/mol. The van der Waals surface area contributed by atoms with Crippen molar-refractivity contribution in [3.05, 3.63) is 29.5 Å². The molecule has 96 valence electrons. The Balaban J connectivity index is 2.12. The molecule has 0 amide bonds. The van der Waals surface area contributed by atoms with Crippen molar-refractivity contribution in [2.45, 2.75) is 50.3 Å². The van der Waals surface area contributed by atoms with E-state index in [1.165, 1.54) is 47.2 Å². The average molecular weight is 259 g/mol. The van der Waals surface area contributed by atoms with Gasteiger partial charge in [0.25, 0.3) is 0 Å². The van der Waals surface area contributed by atoms with Gasteiger partial charge in [0.1, 0.15) is 0 Å². The molecular formula is C16H21NS. The van der Waals surface area contributed by atoms with Crippen molar-refractivity contribution in [1.82, 2.24) is 4.98 Å². The Bertz CT molecular complexity index is 555. The van der Waals surface area contributed by atoms with Gasteiger partial charge < -0.3 is 4.98 Å². The Morgan fingerprint density at radius 2 is 2.22 bits per heavy atom. The molecule has 1 nitrogen and oxygen atoms in total. The molecule has 0 saturated heterocycles. The normalized spacial score (nSPS) is 19.8. The highest BCUT2D eigenvalue weighted by Gasteiger charge is 2.19. The second-order valence-corrected chi connectivity index (χ2v) is 6.64. The van der Waals surface area contributed by atoms with Crippen LogP contribution in [-0.2, 0) is 6.42 Å². The van der Waals surface area contributed by atoms with E-state index in [-0.39, 0.29) is 0 Å². The second kappa shape index (κ2) is 5.00. The number of aromatic nitrogens is 1. The van der Waals surface area contributed by atoms with Crippen molar-refractivity contribution in [3.8, 4) is 0 Å². The largest absolute Gasteiger partial charge is 0.358 e. The van der Waals surface area contributed by atoms with Gasteiger partial charge in [0.2, 0.25) is 0 Å². The summed E-state index contributed by atoms with van der Waals surface area (Å²) in [6.07, 6.45) is 5.27. The molecule has 0 saturated carbocycles. The maximum atomic E-state index is 3.67. The Labute approximate surface area is 113 Å². The Hall–Kier alpha value is -0.890. The molecule has 1 aliphatic rings. The molecule has 1 aromatic carbocycles. The lowest BCUT2D eigenvalue weighted by Gasteiger charge is -2.09. The lowest BCUT2D eigenvalue weighted by atomic mass is 9.96. The number of aromatic amines is 1. The van der Waals surface area contributed by atoms with Crippen LogP contribution in [0, 0.1) is 0 Å². The fourth-order valence-electron chi connectivity index (χ4n) is 3.17. The highest BCUT2D eigenvalue weighted by atomic mass is 32.2. The third kappa shape index (κ3) is 2.07. The van der Waals surface area contributed by atoms with Crippen molar-refractivity contribution in [1.29, 1.82) is 0 Å². The van der Waals surface area contributed by atoms with Gasteiger partial charge in [-0.25, -0.2) is 0 Å². The number of aryl methyl sites for hydroxylation is 1. The zero-order chi connectivity index (χ0) is 12.5. The first-order chi connectivity index (χ1) is 8.79. The first kappa shape index (κ1) is 12.2. The van der Waals surface area contributed by atoms with Crippen LogP contribution in [0.5, 0.6) is 0 Å². The number of hydrogen-bond acceptors (Lipinski definition) is 1. The summed E-state index contributed by atoms with van der Waals surface area (Å²) >= 11 is 1.92. The summed E-state index contributed by atoms with van der Waals surface area (Å²) in [5.74, 6) is 1.85. The fourth-order valence-corrected chi connectivity index (χ4v) is 3.87. The summed E-state index contributed by atoms with van der Waals surface area (Å²) in [5.41, 5.74) is 4.43. The van der Waals surface area contributed by atoms with E-state index in [0.717, 1.165) is 5.75 Å². The van der Waals surface area contributed by atoms with Gasteiger partial charge >= 0.3 is 0 Å². The predicted octanol–water partition coefficient (Wildman–Crippen LogP) is 5.11. The maximum absolute atomic E-state index is 3.67. The Morgan fingerprint density at radius 1 is 1.33 bits per heavy atom. The van der Waals surface area contributed by atoms with E-state index in [9.17, 15) is 0 Å². The molecule has 1 unspecified atom stereocenters. The smallest absolute Gasteiger partial charge is 0.0470 e. The summed E-state index contributed by atoms with van der Waals surface area (Å²) in [5, 5.41) is 1.46. The van der Waals surface area contributed by atoms with Crippen LogP contribution in [-0.4, -0.2) is 10.7 Å². The van der Waals surface area contributed by atoms with Crippen molar-refractivity contribution >= 4 is 22.7 Å². The molecule has 1 heterocycles. The molecule has 2 heteroatoms. The Morgan fingerprint density at radius 3 is 3.06 bits per heavy atom. The number of H-pyrrole nitrogens is 1. The summed E-state index contributed by atoms with van der Waals surface area (Å²) in [4.78, 5) is 5.06. The van der Waals surface area contributed by atoms with Gasteiger partial charge in [-0.05, 0) is 48.6 Å². The third-order valence-electron chi connectivity index (χ3n) is 4.01. The van der Waals surface area contributed by atoms with E-state index in [1.54, 1.807) is 5.56 Å². The lowest BCUT2D eigenvalue weighted by Crippen LogP contribution is -1.92. The molecule has 0 radical (unpaired) electrons. The third-order valence-corrected chi connectivity index (χ3v) is 4.89. The van der Waals surface area contributed by atoms with E-state index in [0.29, 0.717) is 5.92 Å². The highest BCUT2D eigenvalue weighted by Crippen LogP contribution is 2.36. The zero-order valence-electron chi connectivity index (χ0n) is 11.3. The lowest BCUT2D eigenvalue weighted by molar-refractivity contribution is 0.636. The van der Waals surface area contributed by atoms with E-state index >= 15 is 0 Å². The van der Waals surface area contributed by atoms with Crippen LogP contribution in [0.4, 0.5) is 0 Å². The molecule has 1 atom stereocenters. The van der Waals surface area contributed by atoms with Gasteiger partial charge in [-0.1, -0.05) is 26.3 Å². The quantitative estimate of drug-likeness (QED) is 0.585. The van der Waals surface area contributed by atoms with Crippen LogP contribution in [0.2, 0.25) is 0 Å². The van der Waals surface area contributed by atoms with Gasteiger partial charge in [-0.2, -0.15) is 0 Å². The SMILES string of the molecule is CCSc1ccc2c3c([nH]c2c1)CCCCC3C. The summed E-state index contributed by atoms with van der Waals surface area (Å²) in [7, 11) is 0. The fraction of sp³-hybridized carbons (Fsp3) is 0.500. The molecule has 3 rings (SSSR count). The van der Waals surface area contributed by atoms with Crippen molar-refractivity contribution in [2.24, 2.45) is 0 Å². The summed E-state index contributed by atoms with van der Waals surface area (Å²) in [6, 6.07) is 6.93. The van der Waals surface area contributed by atoms with Crippen molar-refractivity contribution in [3.63, 3.8) is 0 Å². The minimum absolute atomic E-state index is 0.709. The molecule has 1 aromatic heterocycles. The van der Waals surface area contributed by atoms with Gasteiger partial charge in [0.05, 0.1) is 0 Å². The molecule has 2 aromatic rings. The average Bonchev–Trinajstić information content (AvgIpc) is 2.62. The molecule has 0 bridgehead atoms. The first-order valence-electron chi connectivity index (χ1n) is 7.07. The Kier molecular flexibility index (Phi) is 3.38. The standard InChI is InChI=1S/C16H21NS/c1-3-18-12-8-9-13-15(10-12)17-14-7-5-4-6-11(2)16(13)14/h8-11,17H,3-7H2,1-2H3. The van der Waals surface area contributed by atoms with Gasteiger partial charge in [-0.3, -0.25) is 0 Å². The number of benzene rings is 1. The monoisotopic (exact) mass is 259 g/mol. The van der Waals surface area contributed by atoms with Crippen LogP contribution in [0.1, 0.15) is 50.3 Å². The molecule has 0 fully saturated rings. The van der Waals surface area contributed by atoms with Crippen LogP contribution in [0.3, 0.4) is 0 Å². The first-order valence-corrected chi connectivity index (χ1v) is 8.05. The van der Waals surface area contributed by atoms with E-state index in [1.807, 2.05) is 11.8 Å². The van der Waals surface area contributed by atoms with Gasteiger partial charge in [-0.15, -0.1) is 11.8 Å². The van der Waals surface area contributed by atoms with Crippen LogP contribution < -0.4 is 0 Å². The zero-order valence-corrected chi connectivity index (χ0v) is 12.1. The minimum Gasteiger partial charge on any atom is -0.358 e. The van der Waals surface area contributed by atoms with Crippen LogP contribution >= 0.6 is 11.8 Å². The number of thioether (sulfide) groups is 1. The number of nitrogens with one attached hydrogen (secondary N) is 1. The van der Waals surface area contributed by atoms with Crippen LogP contribution in [0.25, 0.3) is 10.9 Å². The van der Waals surface area contributed by atoms with Crippen LogP contribution in [0.15, 0.2) is 23.1 Å². The van der Waals surface area contributed by atoms with E-state index in [2.05, 4.69) is 37.0 Å². The predicted molar refractivity (Wildman–Crippen MR) is 80.7 cm³/mol. The number of fused-ring (bicyclic) bond motifs is 3. The molecule has 1 N–H and O–H groups in total. The molecule has 1 aliphatic carbocycles. The minimum atomic E-state index is 0.709. The number of hydrogen-bond donors (Lipinski definition) is 1.